The Kier molecular flexibility index (Phi) is 4.69. The van der Waals surface area contributed by atoms with E-state index in [-0.39, 0.29) is 5.25 Å². The van der Waals surface area contributed by atoms with Crippen LogP contribution >= 0.6 is 23.1 Å². The van der Waals surface area contributed by atoms with Gasteiger partial charge in [0.15, 0.2) is 0 Å². The van der Waals surface area contributed by atoms with Crippen LogP contribution in [0.5, 0.6) is 0 Å². The summed E-state index contributed by atoms with van der Waals surface area (Å²) in [6, 6.07) is 2.67. The van der Waals surface area contributed by atoms with Crippen LogP contribution < -0.4 is 5.32 Å². The van der Waals surface area contributed by atoms with Gasteiger partial charge in [-0.15, -0.1) is 23.1 Å². The Balaban J connectivity index is 2.00. The van der Waals surface area contributed by atoms with Crippen molar-refractivity contribution in [3.63, 3.8) is 0 Å². The van der Waals surface area contributed by atoms with Crippen LogP contribution in [0.1, 0.15) is 31.9 Å². The Morgan fingerprint density at radius 1 is 1.65 bits per heavy atom. The zero-order valence-electron chi connectivity index (χ0n) is 10.4. The van der Waals surface area contributed by atoms with Gasteiger partial charge in [-0.1, -0.05) is 6.92 Å². The molecule has 2 nitrogen and oxygen atoms in total. The van der Waals surface area contributed by atoms with Gasteiger partial charge in [-0.05, 0) is 30.4 Å². The maximum Gasteiger partial charge on any atom is 0.0649 e. The standard InChI is InChI=1S/C12H19NOS3/c1-8-6-11(13-7-9(2)17(3)14)10-4-5-15-12(10)16-8/h4-5,8-9,11,13H,6-7H2,1-3H3/t8-,9?,11?,17?/m0/s1. The molecule has 0 radical (unpaired) electrons. The summed E-state index contributed by atoms with van der Waals surface area (Å²) in [4.78, 5) is 0. The lowest BCUT2D eigenvalue weighted by molar-refractivity contribution is 0.489. The molecule has 1 aliphatic heterocycles. The van der Waals surface area contributed by atoms with E-state index in [1.165, 1.54) is 9.77 Å². The highest BCUT2D eigenvalue weighted by Gasteiger charge is 2.26. The first-order valence-corrected chi connectivity index (χ1v) is 9.25. The Morgan fingerprint density at radius 2 is 2.41 bits per heavy atom. The second kappa shape index (κ2) is 5.87. The summed E-state index contributed by atoms with van der Waals surface area (Å²) in [5, 5.41) is 6.64. The maximum absolute atomic E-state index is 11.3. The normalized spacial score (nSPS) is 27.5. The highest BCUT2D eigenvalue weighted by atomic mass is 32.2. The van der Waals surface area contributed by atoms with Gasteiger partial charge in [-0.3, -0.25) is 4.21 Å². The fourth-order valence-electron chi connectivity index (χ4n) is 1.97. The van der Waals surface area contributed by atoms with Gasteiger partial charge in [-0.2, -0.15) is 0 Å². The topological polar surface area (TPSA) is 29.1 Å². The molecule has 2 rings (SSSR count). The molecule has 0 fully saturated rings. The van der Waals surface area contributed by atoms with Crippen molar-refractivity contribution in [2.24, 2.45) is 0 Å². The Hall–Kier alpha value is 0.160. The molecule has 4 atom stereocenters. The third kappa shape index (κ3) is 3.34. The molecule has 5 heteroatoms. The highest BCUT2D eigenvalue weighted by molar-refractivity contribution is 8.01. The lowest BCUT2D eigenvalue weighted by atomic mass is 10.0. The second-order valence-electron chi connectivity index (χ2n) is 4.60. The quantitative estimate of drug-likeness (QED) is 0.924. The number of thioether (sulfide) groups is 1. The van der Waals surface area contributed by atoms with Crippen molar-refractivity contribution in [1.29, 1.82) is 0 Å². The largest absolute Gasteiger partial charge is 0.309 e. The SMILES string of the molecule is CC(CNC1C[C@H](C)Sc2sccc21)S(C)=O. The molecule has 0 amide bonds. The second-order valence-corrected chi connectivity index (χ2v) is 9.02. The molecule has 96 valence electrons. The minimum atomic E-state index is -0.737. The van der Waals surface area contributed by atoms with Crippen LogP contribution in [0.2, 0.25) is 0 Å². The number of fused-ring (bicyclic) bond motifs is 1. The number of nitrogens with one attached hydrogen (secondary N) is 1. The fourth-order valence-corrected chi connectivity index (χ4v) is 4.87. The Morgan fingerprint density at radius 3 is 3.12 bits per heavy atom. The Bertz CT molecular complexity index is 404. The lowest BCUT2D eigenvalue weighted by Gasteiger charge is -2.28. The van der Waals surface area contributed by atoms with Crippen LogP contribution in [0.3, 0.4) is 0 Å². The van der Waals surface area contributed by atoms with Crippen molar-refractivity contribution in [3.8, 4) is 0 Å². The molecule has 17 heavy (non-hydrogen) atoms. The minimum absolute atomic E-state index is 0.224. The van der Waals surface area contributed by atoms with Gasteiger partial charge in [0.25, 0.3) is 0 Å². The average Bonchev–Trinajstić information content (AvgIpc) is 2.72. The molecule has 0 saturated carbocycles. The molecule has 0 aliphatic carbocycles. The summed E-state index contributed by atoms with van der Waals surface area (Å²) >= 11 is 3.82. The summed E-state index contributed by atoms with van der Waals surface area (Å²) in [6.45, 7) is 5.16. The van der Waals surface area contributed by atoms with Crippen molar-refractivity contribution >= 4 is 33.9 Å². The predicted molar refractivity (Wildman–Crippen MR) is 78.5 cm³/mol. The monoisotopic (exact) mass is 289 g/mol. The molecule has 1 N–H and O–H groups in total. The maximum atomic E-state index is 11.3. The first kappa shape index (κ1) is 13.6. The van der Waals surface area contributed by atoms with Crippen LogP contribution in [-0.4, -0.2) is 27.5 Å². The molecule has 1 aromatic rings. The van der Waals surface area contributed by atoms with Gasteiger partial charge in [0, 0.05) is 40.1 Å². The third-order valence-electron chi connectivity index (χ3n) is 3.13. The van der Waals surface area contributed by atoms with Crippen LogP contribution in [0.4, 0.5) is 0 Å². The summed E-state index contributed by atoms with van der Waals surface area (Å²) < 4.78 is 12.8. The van der Waals surface area contributed by atoms with Crippen molar-refractivity contribution in [1.82, 2.24) is 5.32 Å². The van der Waals surface area contributed by atoms with E-state index in [1.807, 2.05) is 30.0 Å². The van der Waals surface area contributed by atoms with E-state index in [1.54, 1.807) is 6.26 Å². The molecular formula is C12H19NOS3. The molecule has 0 saturated heterocycles. The van der Waals surface area contributed by atoms with E-state index < -0.39 is 10.8 Å². The predicted octanol–water partition coefficient (Wildman–Crippen LogP) is 3.03. The molecule has 2 heterocycles. The van der Waals surface area contributed by atoms with Crippen molar-refractivity contribution in [2.75, 3.05) is 12.8 Å². The third-order valence-corrected chi connectivity index (χ3v) is 6.77. The Labute approximate surface area is 114 Å². The fraction of sp³-hybridized carbons (Fsp3) is 0.667. The molecule has 0 aromatic carbocycles. The molecular weight excluding hydrogens is 270 g/mol. The zero-order valence-corrected chi connectivity index (χ0v) is 12.9. The van der Waals surface area contributed by atoms with Crippen molar-refractivity contribution < 1.29 is 4.21 Å². The van der Waals surface area contributed by atoms with Gasteiger partial charge < -0.3 is 5.32 Å². The molecule has 0 bridgehead atoms. The van der Waals surface area contributed by atoms with E-state index in [0.717, 1.165) is 13.0 Å². The summed E-state index contributed by atoms with van der Waals surface area (Å²) in [5.41, 5.74) is 1.44. The van der Waals surface area contributed by atoms with E-state index in [2.05, 4.69) is 23.7 Å². The van der Waals surface area contributed by atoms with Gasteiger partial charge in [0.05, 0.1) is 4.21 Å². The average molecular weight is 289 g/mol. The van der Waals surface area contributed by atoms with Gasteiger partial charge in [0.1, 0.15) is 0 Å². The van der Waals surface area contributed by atoms with Crippen LogP contribution in [0, 0.1) is 0 Å². The molecule has 0 spiro atoms. The molecule has 1 aromatic heterocycles. The number of rotatable bonds is 4. The van der Waals surface area contributed by atoms with Gasteiger partial charge in [-0.25, -0.2) is 0 Å². The van der Waals surface area contributed by atoms with E-state index in [0.29, 0.717) is 11.3 Å². The number of thiophene rings is 1. The molecule has 3 unspecified atom stereocenters. The first-order chi connectivity index (χ1) is 8.08. The lowest BCUT2D eigenvalue weighted by Crippen LogP contribution is -2.33. The van der Waals surface area contributed by atoms with Crippen molar-refractivity contribution in [2.45, 2.75) is 41.0 Å². The van der Waals surface area contributed by atoms with E-state index in [9.17, 15) is 4.21 Å². The van der Waals surface area contributed by atoms with Crippen LogP contribution in [0.25, 0.3) is 0 Å². The molecule has 1 aliphatic rings. The number of hydrogen-bond donors (Lipinski definition) is 1. The van der Waals surface area contributed by atoms with Crippen LogP contribution in [-0.2, 0) is 10.8 Å². The van der Waals surface area contributed by atoms with Gasteiger partial charge in [0.2, 0.25) is 0 Å². The number of hydrogen-bond acceptors (Lipinski definition) is 4. The summed E-state index contributed by atoms with van der Waals surface area (Å²) in [7, 11) is -0.737. The smallest absolute Gasteiger partial charge is 0.0649 e. The van der Waals surface area contributed by atoms with E-state index in [4.69, 9.17) is 0 Å². The summed E-state index contributed by atoms with van der Waals surface area (Å²) in [5.74, 6) is 0. The van der Waals surface area contributed by atoms with Crippen LogP contribution in [0.15, 0.2) is 15.7 Å². The van der Waals surface area contributed by atoms with Crippen molar-refractivity contribution in [3.05, 3.63) is 17.0 Å². The first-order valence-electron chi connectivity index (χ1n) is 5.87. The zero-order chi connectivity index (χ0) is 12.4. The minimum Gasteiger partial charge on any atom is -0.309 e. The highest BCUT2D eigenvalue weighted by Crippen LogP contribution is 2.43. The summed E-state index contributed by atoms with van der Waals surface area (Å²) in [6.07, 6.45) is 2.94. The van der Waals surface area contributed by atoms with E-state index >= 15 is 0 Å². The van der Waals surface area contributed by atoms with Gasteiger partial charge >= 0.3 is 0 Å².